The second kappa shape index (κ2) is 14.0. The quantitative estimate of drug-likeness (QED) is 0.128. The van der Waals surface area contributed by atoms with Crippen molar-refractivity contribution in [2.45, 2.75) is 38.6 Å². The summed E-state index contributed by atoms with van der Waals surface area (Å²) in [5, 5.41) is 19.3. The third-order valence-corrected chi connectivity index (χ3v) is 6.38. The second-order valence-corrected chi connectivity index (χ2v) is 9.43. The number of unbranched alkanes of at least 4 members (excludes halogenated alkanes) is 1. The van der Waals surface area contributed by atoms with Crippen LogP contribution in [-0.2, 0) is 22.6 Å². The molecule has 0 radical (unpaired) electrons. The van der Waals surface area contributed by atoms with Gasteiger partial charge >= 0.3 is 11.9 Å². The number of ether oxygens (including phenoxy) is 2. The molecule has 4 aromatic rings. The Balaban J connectivity index is 1.34. The molecule has 40 heavy (non-hydrogen) atoms. The first-order valence-corrected chi connectivity index (χ1v) is 13.2. The van der Waals surface area contributed by atoms with Crippen LogP contribution in [0.1, 0.15) is 42.4 Å². The molecule has 0 atom stereocenters. The zero-order valence-electron chi connectivity index (χ0n) is 22.1. The topological polar surface area (TPSA) is 98.0 Å². The highest BCUT2D eigenvalue weighted by Gasteiger charge is 2.13. The average molecular weight is 546 g/mol. The van der Waals surface area contributed by atoms with Crippen molar-refractivity contribution in [1.29, 1.82) is 0 Å². The Morgan fingerprint density at radius 3 is 2.08 bits per heavy atom. The normalized spacial score (nSPS) is 11.2. The zero-order chi connectivity index (χ0) is 28.3. The number of carboxylic acid groups (broad SMARTS) is 2. The Bertz CT molecular complexity index is 1460. The molecule has 0 unspecified atom stereocenters. The van der Waals surface area contributed by atoms with Crippen molar-refractivity contribution >= 4 is 35.0 Å². The maximum absolute atomic E-state index is 12.9. The van der Waals surface area contributed by atoms with Gasteiger partial charge in [0.05, 0.1) is 18.7 Å². The molecule has 3 aromatic carbocycles. The van der Waals surface area contributed by atoms with E-state index in [1.54, 1.807) is 16.7 Å². The lowest BCUT2D eigenvalue weighted by molar-refractivity contribution is -0.138. The number of halogens is 1. The largest absolute Gasteiger partial charge is 0.494 e. The van der Waals surface area contributed by atoms with E-state index < -0.39 is 11.9 Å². The van der Waals surface area contributed by atoms with Gasteiger partial charge in [0.15, 0.2) is 0 Å². The SMILES string of the molecule is O=C(O)CCCc1cn(CC(=O)O)c2c(/C=C/c3ccc(OCCCCOc4ccc(F)cc4)cc3)cccc12. The lowest BCUT2D eigenvalue weighted by atomic mass is 10.0. The molecule has 8 heteroatoms. The Hall–Kier alpha value is -4.59. The highest BCUT2D eigenvalue weighted by atomic mass is 19.1. The summed E-state index contributed by atoms with van der Waals surface area (Å²) >= 11 is 0. The fourth-order valence-corrected chi connectivity index (χ4v) is 4.47. The van der Waals surface area contributed by atoms with Gasteiger partial charge in [0.1, 0.15) is 23.9 Å². The summed E-state index contributed by atoms with van der Waals surface area (Å²) in [5.41, 5.74) is 3.60. The van der Waals surface area contributed by atoms with E-state index in [1.807, 2.05) is 60.8 Å². The number of rotatable bonds is 15. The number of carbonyl (C=O) groups is 2. The van der Waals surface area contributed by atoms with Gasteiger partial charge in [0.25, 0.3) is 0 Å². The van der Waals surface area contributed by atoms with Gasteiger partial charge in [0.2, 0.25) is 0 Å². The summed E-state index contributed by atoms with van der Waals surface area (Å²) < 4.78 is 26.1. The van der Waals surface area contributed by atoms with Crippen LogP contribution < -0.4 is 9.47 Å². The number of hydrogen-bond acceptors (Lipinski definition) is 4. The predicted octanol–water partition coefficient (Wildman–Crippen LogP) is 6.68. The summed E-state index contributed by atoms with van der Waals surface area (Å²) in [6.45, 7) is 0.912. The maximum atomic E-state index is 12.9. The molecule has 0 saturated heterocycles. The summed E-state index contributed by atoms with van der Waals surface area (Å²) in [6.07, 6.45) is 8.49. The number of fused-ring (bicyclic) bond motifs is 1. The molecule has 0 bridgehead atoms. The third kappa shape index (κ3) is 8.20. The minimum atomic E-state index is -0.941. The van der Waals surface area contributed by atoms with E-state index in [1.165, 1.54) is 12.1 Å². The van der Waals surface area contributed by atoms with Crippen LogP contribution in [0.3, 0.4) is 0 Å². The van der Waals surface area contributed by atoms with Crippen LogP contribution in [0.4, 0.5) is 4.39 Å². The van der Waals surface area contributed by atoms with Crippen LogP contribution >= 0.6 is 0 Å². The van der Waals surface area contributed by atoms with E-state index in [9.17, 15) is 19.1 Å². The second-order valence-electron chi connectivity index (χ2n) is 9.43. The molecule has 0 spiro atoms. The highest BCUT2D eigenvalue weighted by Crippen LogP contribution is 2.28. The molecule has 0 fully saturated rings. The molecule has 0 aliphatic heterocycles. The summed E-state index contributed by atoms with van der Waals surface area (Å²) in [6, 6.07) is 19.5. The summed E-state index contributed by atoms with van der Waals surface area (Å²) in [4.78, 5) is 22.4. The van der Waals surface area contributed by atoms with Gasteiger partial charge in [-0.1, -0.05) is 42.5 Å². The van der Waals surface area contributed by atoms with Crippen molar-refractivity contribution in [1.82, 2.24) is 4.57 Å². The molecule has 7 nitrogen and oxygen atoms in total. The number of carboxylic acids is 2. The standard InChI is InChI=1S/C32H32FNO6/c33-26-13-17-28(18-14-26)40-20-2-1-19-39-27-15-10-23(11-16-27)9-12-24-5-3-7-29-25(6-4-8-30(35)36)21-34(32(24)29)22-31(37)38/h3,5,7,9-18,21H,1-2,4,6,8,19-20,22H2,(H,35,36)(H,37,38)/b12-9+. The Morgan fingerprint density at radius 1 is 0.800 bits per heavy atom. The average Bonchev–Trinajstić information content (AvgIpc) is 3.28. The molecular formula is C32H32FNO6. The van der Waals surface area contributed by atoms with Gasteiger partial charge in [-0.3, -0.25) is 9.59 Å². The smallest absolute Gasteiger partial charge is 0.323 e. The molecule has 0 aliphatic carbocycles. The molecule has 0 saturated carbocycles. The predicted molar refractivity (Wildman–Crippen MR) is 152 cm³/mol. The highest BCUT2D eigenvalue weighted by molar-refractivity contribution is 5.94. The van der Waals surface area contributed by atoms with Gasteiger partial charge in [-0.2, -0.15) is 0 Å². The van der Waals surface area contributed by atoms with Crippen molar-refractivity contribution in [3.8, 4) is 11.5 Å². The number of hydrogen-bond donors (Lipinski definition) is 2. The van der Waals surface area contributed by atoms with E-state index in [0.29, 0.717) is 31.8 Å². The zero-order valence-corrected chi connectivity index (χ0v) is 22.1. The lowest BCUT2D eigenvalue weighted by Gasteiger charge is -2.08. The first kappa shape index (κ1) is 28.4. The third-order valence-electron chi connectivity index (χ3n) is 6.38. The fourth-order valence-electron chi connectivity index (χ4n) is 4.47. The maximum Gasteiger partial charge on any atom is 0.323 e. The molecule has 4 rings (SSSR count). The number of aromatic nitrogens is 1. The molecule has 208 valence electrons. The van der Waals surface area contributed by atoms with Crippen LogP contribution in [0.25, 0.3) is 23.1 Å². The van der Waals surface area contributed by atoms with Gasteiger partial charge in [0, 0.05) is 18.0 Å². The van der Waals surface area contributed by atoms with Gasteiger partial charge in [-0.05, 0) is 78.8 Å². The minimum Gasteiger partial charge on any atom is -0.494 e. The van der Waals surface area contributed by atoms with E-state index in [4.69, 9.17) is 14.6 Å². The molecule has 1 aromatic heterocycles. The van der Waals surface area contributed by atoms with Crippen LogP contribution in [0.2, 0.25) is 0 Å². The van der Waals surface area contributed by atoms with Crippen LogP contribution in [0.15, 0.2) is 72.9 Å². The van der Waals surface area contributed by atoms with Gasteiger partial charge < -0.3 is 24.3 Å². The number of benzene rings is 3. The van der Waals surface area contributed by atoms with Crippen molar-refractivity contribution in [2.24, 2.45) is 0 Å². The van der Waals surface area contributed by atoms with E-state index >= 15 is 0 Å². The molecule has 0 aliphatic rings. The van der Waals surface area contributed by atoms with E-state index in [0.717, 1.165) is 46.2 Å². The Labute approximate surface area is 232 Å². The summed E-state index contributed by atoms with van der Waals surface area (Å²) in [5.74, 6) is -0.662. The van der Waals surface area contributed by atoms with Crippen molar-refractivity contribution < 1.29 is 33.7 Å². The van der Waals surface area contributed by atoms with Crippen molar-refractivity contribution in [3.05, 3.63) is 95.4 Å². The van der Waals surface area contributed by atoms with Crippen LogP contribution in [-0.4, -0.2) is 39.9 Å². The van der Waals surface area contributed by atoms with Crippen molar-refractivity contribution in [2.75, 3.05) is 13.2 Å². The molecular weight excluding hydrogens is 513 g/mol. The summed E-state index contributed by atoms with van der Waals surface area (Å²) in [7, 11) is 0. The number of para-hydroxylation sites is 1. The van der Waals surface area contributed by atoms with Crippen LogP contribution in [0, 0.1) is 5.82 Å². The first-order valence-electron chi connectivity index (χ1n) is 13.2. The number of aliphatic carboxylic acids is 2. The lowest BCUT2D eigenvalue weighted by Crippen LogP contribution is -2.07. The number of aryl methyl sites for hydroxylation is 1. The minimum absolute atomic E-state index is 0.0663. The molecule has 2 N–H and O–H groups in total. The van der Waals surface area contributed by atoms with Crippen molar-refractivity contribution in [3.63, 3.8) is 0 Å². The van der Waals surface area contributed by atoms with Crippen LogP contribution in [0.5, 0.6) is 11.5 Å². The van der Waals surface area contributed by atoms with E-state index in [2.05, 4.69) is 0 Å². The Morgan fingerprint density at radius 2 is 1.45 bits per heavy atom. The van der Waals surface area contributed by atoms with E-state index in [-0.39, 0.29) is 18.8 Å². The number of nitrogens with zero attached hydrogens (tertiary/aromatic N) is 1. The fraction of sp³-hybridized carbons (Fsp3) is 0.250. The molecule has 1 heterocycles. The monoisotopic (exact) mass is 545 g/mol. The van der Waals surface area contributed by atoms with Gasteiger partial charge in [-0.25, -0.2) is 4.39 Å². The Kier molecular flexibility index (Phi) is 9.93. The molecule has 0 amide bonds. The first-order chi connectivity index (χ1) is 19.4. The van der Waals surface area contributed by atoms with Gasteiger partial charge in [-0.15, -0.1) is 0 Å².